The summed E-state index contributed by atoms with van der Waals surface area (Å²) < 4.78 is 2.05. The molecule has 1 aromatic carbocycles. The van der Waals surface area contributed by atoms with Crippen LogP contribution >= 0.6 is 11.6 Å². The van der Waals surface area contributed by atoms with Crippen LogP contribution in [0.1, 0.15) is 36.6 Å². The highest BCUT2D eigenvalue weighted by Crippen LogP contribution is 2.36. The Bertz CT molecular complexity index is 569. The van der Waals surface area contributed by atoms with Gasteiger partial charge in [0.2, 0.25) is 0 Å². The number of aryl methyl sites for hydroxylation is 3. The second kappa shape index (κ2) is 4.35. The van der Waals surface area contributed by atoms with Crippen molar-refractivity contribution in [1.82, 2.24) is 4.57 Å². The van der Waals surface area contributed by atoms with Gasteiger partial charge in [-0.3, -0.25) is 0 Å². The van der Waals surface area contributed by atoms with E-state index in [4.69, 9.17) is 11.6 Å². The van der Waals surface area contributed by atoms with Crippen LogP contribution < -0.4 is 0 Å². The Kier molecular flexibility index (Phi) is 3.19. The number of halogens is 1. The molecule has 1 heterocycles. The predicted molar refractivity (Wildman–Crippen MR) is 72.7 cm³/mol. The fraction of sp³-hybridized carbons (Fsp3) is 0.429. The second-order valence-electron chi connectivity index (χ2n) is 4.60. The van der Waals surface area contributed by atoms with Gasteiger partial charge in [0.25, 0.3) is 0 Å². The van der Waals surface area contributed by atoms with Crippen molar-refractivity contribution in [2.75, 3.05) is 0 Å². The van der Waals surface area contributed by atoms with Crippen LogP contribution in [-0.2, 0) is 6.54 Å². The molecular weight excluding hydrogens is 234 g/mol. The Morgan fingerprint density at radius 3 is 2.53 bits per heavy atom. The minimum absolute atomic E-state index is 0.542. The van der Waals surface area contributed by atoms with Gasteiger partial charge < -0.3 is 9.67 Å². The molecule has 0 fully saturated rings. The van der Waals surface area contributed by atoms with Crippen LogP contribution in [0.15, 0.2) is 12.1 Å². The minimum Gasteiger partial charge on any atom is -0.389 e. The lowest BCUT2D eigenvalue weighted by molar-refractivity contribution is 0.200. The average molecular weight is 252 g/mol. The fourth-order valence-electron chi connectivity index (χ4n) is 2.55. The summed E-state index contributed by atoms with van der Waals surface area (Å²) >= 11 is 6.37. The van der Waals surface area contributed by atoms with Gasteiger partial charge >= 0.3 is 0 Å². The van der Waals surface area contributed by atoms with Crippen molar-refractivity contribution in [3.63, 3.8) is 0 Å². The maximum atomic E-state index is 9.91. The van der Waals surface area contributed by atoms with Gasteiger partial charge in [0.05, 0.1) is 11.6 Å². The summed E-state index contributed by atoms with van der Waals surface area (Å²) in [6, 6.07) is 4.26. The fourth-order valence-corrected chi connectivity index (χ4v) is 3.02. The third-order valence-electron chi connectivity index (χ3n) is 3.21. The SMILES string of the molecule is CCn1c(Cl)c(C(C)O)c2c(C)cc(C)cc21. The number of aliphatic hydroxyl groups is 1. The molecule has 1 aromatic heterocycles. The van der Waals surface area contributed by atoms with Crippen molar-refractivity contribution in [3.8, 4) is 0 Å². The smallest absolute Gasteiger partial charge is 0.115 e. The zero-order valence-corrected chi connectivity index (χ0v) is 11.5. The van der Waals surface area contributed by atoms with E-state index in [0.717, 1.165) is 23.0 Å². The molecule has 0 amide bonds. The average Bonchev–Trinajstić information content (AvgIpc) is 2.50. The van der Waals surface area contributed by atoms with Crippen LogP contribution in [-0.4, -0.2) is 9.67 Å². The van der Waals surface area contributed by atoms with E-state index in [1.54, 1.807) is 6.92 Å². The highest BCUT2D eigenvalue weighted by Gasteiger charge is 2.19. The summed E-state index contributed by atoms with van der Waals surface area (Å²) in [4.78, 5) is 0. The molecule has 0 saturated carbocycles. The first-order valence-corrected chi connectivity index (χ1v) is 6.32. The third kappa shape index (κ3) is 1.85. The lowest BCUT2D eigenvalue weighted by Crippen LogP contribution is -1.95. The van der Waals surface area contributed by atoms with E-state index in [1.807, 2.05) is 0 Å². The van der Waals surface area contributed by atoms with Crippen molar-refractivity contribution in [2.45, 2.75) is 40.3 Å². The van der Waals surface area contributed by atoms with Gasteiger partial charge in [0, 0.05) is 17.5 Å². The first-order valence-electron chi connectivity index (χ1n) is 5.94. The van der Waals surface area contributed by atoms with Crippen LogP contribution in [0.4, 0.5) is 0 Å². The number of rotatable bonds is 2. The molecule has 0 radical (unpaired) electrons. The molecule has 0 saturated heterocycles. The molecule has 17 heavy (non-hydrogen) atoms. The van der Waals surface area contributed by atoms with Gasteiger partial charge in [-0.2, -0.15) is 0 Å². The first-order chi connectivity index (χ1) is 7.97. The Hall–Kier alpha value is -0.990. The number of fused-ring (bicyclic) bond motifs is 1. The molecule has 1 unspecified atom stereocenters. The normalized spacial score (nSPS) is 13.3. The maximum absolute atomic E-state index is 9.91. The molecule has 3 heteroatoms. The van der Waals surface area contributed by atoms with E-state index in [1.165, 1.54) is 11.1 Å². The molecule has 2 nitrogen and oxygen atoms in total. The highest BCUT2D eigenvalue weighted by atomic mass is 35.5. The molecular formula is C14H18ClNO. The van der Waals surface area contributed by atoms with Gasteiger partial charge in [0.1, 0.15) is 5.15 Å². The lowest BCUT2D eigenvalue weighted by Gasteiger charge is -2.06. The maximum Gasteiger partial charge on any atom is 0.115 e. The van der Waals surface area contributed by atoms with Crippen LogP contribution in [0.3, 0.4) is 0 Å². The van der Waals surface area contributed by atoms with Crippen molar-refractivity contribution >= 4 is 22.5 Å². The summed E-state index contributed by atoms with van der Waals surface area (Å²) in [6.45, 7) is 8.78. The molecule has 2 aromatic rings. The third-order valence-corrected chi connectivity index (χ3v) is 3.62. The first kappa shape index (κ1) is 12.5. The summed E-state index contributed by atoms with van der Waals surface area (Å²) in [7, 11) is 0. The largest absolute Gasteiger partial charge is 0.389 e. The van der Waals surface area contributed by atoms with Crippen molar-refractivity contribution < 1.29 is 5.11 Å². The summed E-state index contributed by atoms with van der Waals surface area (Å²) in [5.74, 6) is 0. The molecule has 1 N–H and O–H groups in total. The Labute approximate surface area is 107 Å². The Balaban J connectivity index is 2.95. The number of nitrogens with zero attached hydrogens (tertiary/aromatic N) is 1. The number of benzene rings is 1. The number of aliphatic hydroxyl groups excluding tert-OH is 1. The van der Waals surface area contributed by atoms with E-state index in [9.17, 15) is 5.11 Å². The monoisotopic (exact) mass is 251 g/mol. The van der Waals surface area contributed by atoms with Crippen molar-refractivity contribution in [2.24, 2.45) is 0 Å². The van der Waals surface area contributed by atoms with Crippen LogP contribution in [0.25, 0.3) is 10.9 Å². The molecule has 0 aliphatic rings. The van der Waals surface area contributed by atoms with Gasteiger partial charge in [-0.1, -0.05) is 17.7 Å². The number of hydrogen-bond acceptors (Lipinski definition) is 1. The molecule has 0 spiro atoms. The molecule has 0 bridgehead atoms. The van der Waals surface area contributed by atoms with Crippen LogP contribution in [0.5, 0.6) is 0 Å². The zero-order valence-electron chi connectivity index (χ0n) is 10.7. The lowest BCUT2D eigenvalue weighted by atomic mass is 10.0. The van der Waals surface area contributed by atoms with Crippen molar-refractivity contribution in [3.05, 3.63) is 34.0 Å². The molecule has 92 valence electrons. The summed E-state index contributed by atoms with van der Waals surface area (Å²) in [5, 5.41) is 11.7. The van der Waals surface area contributed by atoms with Gasteiger partial charge in [-0.05, 0) is 44.9 Å². The Morgan fingerprint density at radius 1 is 1.35 bits per heavy atom. The van der Waals surface area contributed by atoms with E-state index in [-0.39, 0.29) is 0 Å². The van der Waals surface area contributed by atoms with E-state index in [0.29, 0.717) is 5.15 Å². The molecule has 0 aliphatic heterocycles. The standard InChI is InChI=1S/C14H18ClNO/c1-5-16-11-7-8(2)6-9(3)12(11)13(10(4)17)14(16)15/h6-7,10,17H,5H2,1-4H3. The molecule has 2 rings (SSSR count). The van der Waals surface area contributed by atoms with Gasteiger partial charge in [-0.15, -0.1) is 0 Å². The van der Waals surface area contributed by atoms with E-state index in [2.05, 4.69) is 37.5 Å². The minimum atomic E-state index is -0.542. The number of aromatic nitrogens is 1. The van der Waals surface area contributed by atoms with Crippen LogP contribution in [0.2, 0.25) is 5.15 Å². The van der Waals surface area contributed by atoms with E-state index < -0.39 is 6.10 Å². The number of hydrogen-bond donors (Lipinski definition) is 1. The predicted octanol–water partition coefficient (Wildman–Crippen LogP) is 3.98. The highest BCUT2D eigenvalue weighted by molar-refractivity contribution is 6.32. The molecule has 0 aliphatic carbocycles. The summed E-state index contributed by atoms with van der Waals surface area (Å²) in [6.07, 6.45) is -0.542. The summed E-state index contributed by atoms with van der Waals surface area (Å²) in [5.41, 5.74) is 4.35. The quantitative estimate of drug-likeness (QED) is 0.858. The molecule has 1 atom stereocenters. The van der Waals surface area contributed by atoms with Gasteiger partial charge in [-0.25, -0.2) is 0 Å². The topological polar surface area (TPSA) is 25.2 Å². The van der Waals surface area contributed by atoms with E-state index >= 15 is 0 Å². The van der Waals surface area contributed by atoms with Crippen LogP contribution in [0, 0.1) is 13.8 Å². The zero-order chi connectivity index (χ0) is 12.7. The second-order valence-corrected chi connectivity index (χ2v) is 4.96. The van der Waals surface area contributed by atoms with Crippen molar-refractivity contribution in [1.29, 1.82) is 0 Å². The van der Waals surface area contributed by atoms with Gasteiger partial charge in [0.15, 0.2) is 0 Å². The Morgan fingerprint density at radius 2 is 2.00 bits per heavy atom.